The summed E-state index contributed by atoms with van der Waals surface area (Å²) in [7, 11) is 0. The topological polar surface area (TPSA) is 67.2 Å². The lowest BCUT2D eigenvalue weighted by atomic mass is 10.1. The van der Waals surface area contributed by atoms with Gasteiger partial charge in [-0.25, -0.2) is 0 Å². The fourth-order valence-electron chi connectivity index (χ4n) is 2.35. The predicted octanol–water partition coefficient (Wildman–Crippen LogP) is 2.27. The minimum atomic E-state index is -0.555. The number of hydrogen-bond donors (Lipinski definition) is 1. The molecule has 1 N–H and O–H groups in total. The fourth-order valence-corrected chi connectivity index (χ4v) is 2.35. The highest BCUT2D eigenvalue weighted by atomic mass is 16.2. The molecule has 3 rings (SSSR count). The molecule has 0 radical (unpaired) electrons. The summed E-state index contributed by atoms with van der Waals surface area (Å²) in [6.45, 7) is 2.63. The Labute approximate surface area is 139 Å². The zero-order valence-electron chi connectivity index (χ0n) is 13.3. The van der Waals surface area contributed by atoms with Crippen LogP contribution in [-0.4, -0.2) is 15.5 Å². The molecule has 5 nitrogen and oxygen atoms in total. The number of aryl methyl sites for hydroxylation is 1. The van der Waals surface area contributed by atoms with E-state index >= 15 is 0 Å². The van der Waals surface area contributed by atoms with Crippen molar-refractivity contribution in [3.05, 3.63) is 99.5 Å². The van der Waals surface area contributed by atoms with Gasteiger partial charge >= 0.3 is 0 Å². The molecule has 2 aromatic heterocycles. The van der Waals surface area contributed by atoms with Crippen LogP contribution in [0, 0.1) is 6.92 Å². The number of carbonyl (C=O) groups is 1. The molecule has 0 atom stereocenters. The molecule has 0 aliphatic heterocycles. The van der Waals surface area contributed by atoms with Gasteiger partial charge in [0.15, 0.2) is 0 Å². The Morgan fingerprint density at radius 2 is 1.88 bits per heavy atom. The van der Waals surface area contributed by atoms with E-state index in [1.165, 1.54) is 17.8 Å². The normalized spacial score (nSPS) is 11.5. The lowest BCUT2D eigenvalue weighted by Crippen LogP contribution is -2.24. The lowest BCUT2D eigenvalue weighted by Gasteiger charge is -2.07. The molecule has 0 saturated heterocycles. The summed E-state index contributed by atoms with van der Waals surface area (Å²) in [6, 6.07) is 16.7. The van der Waals surface area contributed by atoms with E-state index in [2.05, 4.69) is 9.98 Å². The van der Waals surface area contributed by atoms with Gasteiger partial charge in [0, 0.05) is 18.9 Å². The third kappa shape index (κ3) is 3.57. The number of nitrogens with zero attached hydrogens (tertiary/aromatic N) is 2. The van der Waals surface area contributed by atoms with Crippen molar-refractivity contribution in [3.8, 4) is 0 Å². The van der Waals surface area contributed by atoms with Gasteiger partial charge in [0.25, 0.3) is 11.5 Å². The SMILES string of the molecule is Cc1ccc(Cn2ccccc2=NC(=O)c2ccc[nH]c2=O)cc1. The molecule has 5 heteroatoms. The van der Waals surface area contributed by atoms with Crippen LogP contribution in [0.1, 0.15) is 21.5 Å². The van der Waals surface area contributed by atoms with Crippen LogP contribution in [0.3, 0.4) is 0 Å². The minimum absolute atomic E-state index is 0.0308. The molecule has 0 saturated carbocycles. The quantitative estimate of drug-likeness (QED) is 0.805. The van der Waals surface area contributed by atoms with Gasteiger partial charge < -0.3 is 9.55 Å². The van der Waals surface area contributed by atoms with Gasteiger partial charge in [-0.15, -0.1) is 0 Å². The molecule has 24 heavy (non-hydrogen) atoms. The summed E-state index contributed by atoms with van der Waals surface area (Å²) in [6.07, 6.45) is 3.35. The van der Waals surface area contributed by atoms with Crippen LogP contribution < -0.4 is 11.0 Å². The van der Waals surface area contributed by atoms with E-state index in [-0.39, 0.29) is 5.56 Å². The molecular formula is C19H17N3O2. The van der Waals surface area contributed by atoms with Crippen molar-refractivity contribution in [1.29, 1.82) is 0 Å². The zero-order chi connectivity index (χ0) is 16.9. The van der Waals surface area contributed by atoms with Gasteiger partial charge in [-0.2, -0.15) is 4.99 Å². The maximum absolute atomic E-state index is 12.3. The Morgan fingerprint density at radius 3 is 2.62 bits per heavy atom. The Hall–Kier alpha value is -3.21. The first-order valence-corrected chi connectivity index (χ1v) is 7.61. The van der Waals surface area contributed by atoms with Gasteiger partial charge in [-0.3, -0.25) is 9.59 Å². The maximum atomic E-state index is 12.3. The molecule has 0 fully saturated rings. The van der Waals surface area contributed by atoms with Crippen LogP contribution in [0.25, 0.3) is 0 Å². The summed E-state index contributed by atoms with van der Waals surface area (Å²) in [5, 5.41) is 0. The molecule has 2 heterocycles. The zero-order valence-corrected chi connectivity index (χ0v) is 13.3. The number of amides is 1. The molecular weight excluding hydrogens is 302 g/mol. The number of nitrogens with one attached hydrogen (secondary N) is 1. The van der Waals surface area contributed by atoms with Gasteiger partial charge in [0.2, 0.25) is 0 Å². The number of aromatic nitrogens is 2. The number of carbonyl (C=O) groups excluding carboxylic acids is 1. The molecule has 0 spiro atoms. The van der Waals surface area contributed by atoms with Crippen LogP contribution >= 0.6 is 0 Å². The number of hydrogen-bond acceptors (Lipinski definition) is 2. The van der Waals surface area contributed by atoms with E-state index in [1.54, 1.807) is 12.1 Å². The average molecular weight is 319 g/mol. The summed E-state index contributed by atoms with van der Waals surface area (Å²) >= 11 is 0. The third-order valence-corrected chi connectivity index (χ3v) is 3.65. The van der Waals surface area contributed by atoms with Gasteiger partial charge in [0.1, 0.15) is 11.1 Å². The fraction of sp³-hybridized carbons (Fsp3) is 0.105. The summed E-state index contributed by atoms with van der Waals surface area (Å²) < 4.78 is 1.87. The molecule has 0 bridgehead atoms. The number of H-pyrrole nitrogens is 1. The second-order valence-electron chi connectivity index (χ2n) is 5.50. The molecule has 1 aromatic carbocycles. The van der Waals surface area contributed by atoms with Crippen LogP contribution in [0.4, 0.5) is 0 Å². The Kier molecular flexibility index (Phi) is 4.52. The molecule has 0 unspecified atom stereocenters. The van der Waals surface area contributed by atoms with E-state index in [9.17, 15) is 9.59 Å². The van der Waals surface area contributed by atoms with Crippen molar-refractivity contribution in [3.63, 3.8) is 0 Å². The van der Waals surface area contributed by atoms with E-state index < -0.39 is 11.5 Å². The van der Waals surface area contributed by atoms with E-state index in [0.29, 0.717) is 12.0 Å². The average Bonchev–Trinajstić information content (AvgIpc) is 2.59. The third-order valence-electron chi connectivity index (χ3n) is 3.65. The first-order valence-electron chi connectivity index (χ1n) is 7.61. The summed E-state index contributed by atoms with van der Waals surface area (Å²) in [4.78, 5) is 30.6. The van der Waals surface area contributed by atoms with Crippen molar-refractivity contribution in [2.75, 3.05) is 0 Å². The molecule has 1 amide bonds. The van der Waals surface area contributed by atoms with Gasteiger partial charge in [-0.1, -0.05) is 35.9 Å². The monoisotopic (exact) mass is 319 g/mol. The second-order valence-corrected chi connectivity index (χ2v) is 5.50. The first-order chi connectivity index (χ1) is 11.6. The van der Waals surface area contributed by atoms with Gasteiger partial charge in [0.05, 0.1) is 0 Å². The van der Waals surface area contributed by atoms with E-state index in [0.717, 1.165) is 5.56 Å². The van der Waals surface area contributed by atoms with Crippen molar-refractivity contribution in [2.24, 2.45) is 4.99 Å². The number of aromatic amines is 1. The molecule has 3 aromatic rings. The highest BCUT2D eigenvalue weighted by molar-refractivity contribution is 5.94. The first kappa shape index (κ1) is 15.7. The smallest absolute Gasteiger partial charge is 0.284 e. The highest BCUT2D eigenvalue weighted by Gasteiger charge is 2.08. The van der Waals surface area contributed by atoms with Crippen molar-refractivity contribution >= 4 is 5.91 Å². The van der Waals surface area contributed by atoms with Crippen molar-refractivity contribution in [1.82, 2.24) is 9.55 Å². The van der Waals surface area contributed by atoms with Crippen LogP contribution in [0.15, 0.2) is 76.8 Å². The van der Waals surface area contributed by atoms with E-state index in [4.69, 9.17) is 0 Å². The highest BCUT2D eigenvalue weighted by Crippen LogP contribution is 2.04. The van der Waals surface area contributed by atoms with Crippen molar-refractivity contribution < 1.29 is 4.79 Å². The van der Waals surface area contributed by atoms with E-state index in [1.807, 2.05) is 54.1 Å². The van der Waals surface area contributed by atoms with Crippen molar-refractivity contribution in [2.45, 2.75) is 13.5 Å². The van der Waals surface area contributed by atoms with Gasteiger partial charge in [-0.05, 0) is 36.8 Å². The Bertz CT molecular complexity index is 982. The predicted molar refractivity (Wildman–Crippen MR) is 91.7 cm³/mol. The second kappa shape index (κ2) is 6.91. The van der Waals surface area contributed by atoms with Crippen LogP contribution in [0.2, 0.25) is 0 Å². The molecule has 0 aliphatic rings. The standard InChI is InChI=1S/C19H17N3O2/c1-14-7-9-15(10-8-14)13-22-12-3-2-6-17(22)21-19(24)16-5-4-11-20-18(16)23/h2-12H,13H2,1H3,(H,20,23). The number of pyridine rings is 2. The van der Waals surface area contributed by atoms with Crippen LogP contribution in [0.5, 0.6) is 0 Å². The maximum Gasteiger partial charge on any atom is 0.284 e. The summed E-state index contributed by atoms with van der Waals surface area (Å²) in [5.41, 5.74) is 2.40. The Balaban J connectivity index is 1.97. The Morgan fingerprint density at radius 1 is 1.08 bits per heavy atom. The summed E-state index contributed by atoms with van der Waals surface area (Å²) in [5.74, 6) is -0.555. The lowest BCUT2D eigenvalue weighted by molar-refractivity contribution is 0.0995. The largest absolute Gasteiger partial charge is 0.328 e. The molecule has 120 valence electrons. The van der Waals surface area contributed by atoms with Crippen LogP contribution in [-0.2, 0) is 6.54 Å². The molecule has 0 aliphatic carbocycles. The number of benzene rings is 1. The number of rotatable bonds is 3. The minimum Gasteiger partial charge on any atom is -0.328 e.